The van der Waals surface area contributed by atoms with Gasteiger partial charge in [-0.3, -0.25) is 0 Å². The number of hydrogen-bond donors (Lipinski definition) is 1. The molecule has 0 heterocycles. The van der Waals surface area contributed by atoms with Gasteiger partial charge in [0.15, 0.2) is 0 Å². The van der Waals surface area contributed by atoms with Gasteiger partial charge in [-0.05, 0) is 29.3 Å². The number of rotatable bonds is 3. The molecule has 2 heteroatoms. The van der Waals surface area contributed by atoms with Gasteiger partial charge in [-0.1, -0.05) is 42.0 Å². The lowest BCUT2D eigenvalue weighted by atomic mass is 9.68. The summed E-state index contributed by atoms with van der Waals surface area (Å²) in [6.45, 7) is 2.19. The molecule has 0 unspecified atom stereocenters. The van der Waals surface area contributed by atoms with E-state index in [1.54, 1.807) is 0 Å². The molecule has 1 saturated carbocycles. The molecule has 0 aromatic heterocycles. The van der Waals surface area contributed by atoms with Crippen LogP contribution in [-0.2, 0) is 0 Å². The molecular weight excluding hydrogens is 251 g/mol. The predicted octanol–water partition coefficient (Wildman–Crippen LogP) is 2.88. The van der Waals surface area contributed by atoms with Gasteiger partial charge >= 0.3 is 0 Å². The Balaban J connectivity index is 2.25. The van der Waals surface area contributed by atoms with E-state index in [1.165, 1.54) is 6.42 Å². The smallest absolute Gasteiger partial charge is 0.0687 e. The monoisotopic (exact) mass is 266 g/mol. The van der Waals surface area contributed by atoms with Gasteiger partial charge in [-0.15, -0.1) is 0 Å². The second-order valence-corrected chi connectivity index (χ2v) is 4.19. The fourth-order valence-electron chi connectivity index (χ4n) is 1.73. The topological polar surface area (TPSA) is 20.2 Å². The molecule has 0 aromatic carbocycles. The van der Waals surface area contributed by atoms with Crippen LogP contribution in [0.3, 0.4) is 0 Å². The lowest BCUT2D eigenvalue weighted by Gasteiger charge is -2.43. The second kappa shape index (κ2) is 3.90. The van der Waals surface area contributed by atoms with Gasteiger partial charge in [0.1, 0.15) is 0 Å². The van der Waals surface area contributed by atoms with Crippen LogP contribution in [0.15, 0.2) is 10.2 Å². The van der Waals surface area contributed by atoms with E-state index < -0.39 is 0 Å². The van der Waals surface area contributed by atoms with E-state index in [-0.39, 0.29) is 5.60 Å². The van der Waals surface area contributed by atoms with E-state index in [9.17, 15) is 5.11 Å². The molecule has 1 rings (SSSR count). The third-order valence-corrected chi connectivity index (χ3v) is 3.01. The maximum absolute atomic E-state index is 9.79. The zero-order valence-electron chi connectivity index (χ0n) is 6.89. The van der Waals surface area contributed by atoms with Crippen LogP contribution in [0.4, 0.5) is 0 Å². The standard InChI is InChI=1S/C9H15IO/c1-2-8-6-9(11,7-8)4-3-5-10/h3,5,8,11H,2,4,6-7H2,1H3. The van der Waals surface area contributed by atoms with Crippen molar-refractivity contribution in [2.75, 3.05) is 0 Å². The highest BCUT2D eigenvalue weighted by Crippen LogP contribution is 2.42. The maximum atomic E-state index is 9.79. The van der Waals surface area contributed by atoms with Gasteiger partial charge in [0.25, 0.3) is 0 Å². The minimum Gasteiger partial charge on any atom is -0.390 e. The molecule has 64 valence electrons. The summed E-state index contributed by atoms with van der Waals surface area (Å²) in [4.78, 5) is 0. The third kappa shape index (κ3) is 2.44. The Morgan fingerprint density at radius 1 is 1.64 bits per heavy atom. The second-order valence-electron chi connectivity index (χ2n) is 3.47. The van der Waals surface area contributed by atoms with Gasteiger partial charge < -0.3 is 5.11 Å². The first-order chi connectivity index (χ1) is 5.20. The molecule has 1 fully saturated rings. The summed E-state index contributed by atoms with van der Waals surface area (Å²) in [6, 6.07) is 0. The van der Waals surface area contributed by atoms with Gasteiger partial charge in [0.2, 0.25) is 0 Å². The fraction of sp³-hybridized carbons (Fsp3) is 0.778. The summed E-state index contributed by atoms with van der Waals surface area (Å²) in [5.74, 6) is 0.780. The fourth-order valence-corrected chi connectivity index (χ4v) is 1.99. The molecule has 1 nitrogen and oxygen atoms in total. The van der Waals surface area contributed by atoms with Crippen molar-refractivity contribution in [3.8, 4) is 0 Å². The van der Waals surface area contributed by atoms with Crippen molar-refractivity contribution < 1.29 is 5.11 Å². The zero-order chi connectivity index (χ0) is 8.32. The average Bonchev–Trinajstić information content (AvgIpc) is 1.95. The molecule has 0 spiro atoms. The normalized spacial score (nSPS) is 37.5. The molecular formula is C9H15IO. The highest BCUT2D eigenvalue weighted by Gasteiger charge is 2.40. The maximum Gasteiger partial charge on any atom is 0.0687 e. The van der Waals surface area contributed by atoms with Gasteiger partial charge in [0.05, 0.1) is 5.60 Å². The Kier molecular flexibility index (Phi) is 3.37. The molecule has 1 aliphatic rings. The summed E-state index contributed by atoms with van der Waals surface area (Å²) in [6.07, 6.45) is 6.12. The minimum atomic E-state index is -0.345. The Morgan fingerprint density at radius 3 is 2.73 bits per heavy atom. The molecule has 0 amide bonds. The van der Waals surface area contributed by atoms with Crippen molar-refractivity contribution in [1.82, 2.24) is 0 Å². The first-order valence-electron chi connectivity index (χ1n) is 4.18. The Bertz CT molecular complexity index is 148. The highest BCUT2D eigenvalue weighted by molar-refractivity contribution is 14.1. The molecule has 1 N–H and O–H groups in total. The Morgan fingerprint density at radius 2 is 2.27 bits per heavy atom. The van der Waals surface area contributed by atoms with E-state index >= 15 is 0 Å². The van der Waals surface area contributed by atoms with E-state index in [4.69, 9.17) is 0 Å². The molecule has 0 radical (unpaired) electrons. The molecule has 0 aromatic rings. The third-order valence-electron chi connectivity index (χ3n) is 2.50. The van der Waals surface area contributed by atoms with Crippen LogP contribution in [-0.4, -0.2) is 10.7 Å². The first kappa shape index (κ1) is 9.52. The van der Waals surface area contributed by atoms with Crippen LogP contribution in [0.1, 0.15) is 32.6 Å². The molecule has 0 bridgehead atoms. The van der Waals surface area contributed by atoms with Crippen LogP contribution < -0.4 is 0 Å². The lowest BCUT2D eigenvalue weighted by molar-refractivity contribution is -0.0711. The molecule has 0 atom stereocenters. The molecule has 11 heavy (non-hydrogen) atoms. The van der Waals surface area contributed by atoms with E-state index in [0.29, 0.717) is 0 Å². The zero-order valence-corrected chi connectivity index (χ0v) is 9.04. The molecule has 1 aliphatic carbocycles. The van der Waals surface area contributed by atoms with Crippen molar-refractivity contribution in [2.45, 2.75) is 38.2 Å². The summed E-state index contributed by atoms with van der Waals surface area (Å²) in [5, 5.41) is 9.79. The summed E-state index contributed by atoms with van der Waals surface area (Å²) in [5.41, 5.74) is -0.345. The van der Waals surface area contributed by atoms with Gasteiger partial charge in [0, 0.05) is 0 Å². The van der Waals surface area contributed by atoms with Crippen molar-refractivity contribution in [2.24, 2.45) is 5.92 Å². The van der Waals surface area contributed by atoms with E-state index in [2.05, 4.69) is 29.5 Å². The quantitative estimate of drug-likeness (QED) is 0.779. The van der Waals surface area contributed by atoms with Crippen LogP contribution in [0.5, 0.6) is 0 Å². The average molecular weight is 266 g/mol. The Hall–Kier alpha value is 0.430. The lowest BCUT2D eigenvalue weighted by Crippen LogP contribution is -2.42. The predicted molar refractivity (Wildman–Crippen MR) is 55.7 cm³/mol. The number of hydrogen-bond acceptors (Lipinski definition) is 1. The van der Waals surface area contributed by atoms with Gasteiger partial charge in [-0.25, -0.2) is 0 Å². The summed E-state index contributed by atoms with van der Waals surface area (Å²) in [7, 11) is 0. The van der Waals surface area contributed by atoms with E-state index in [1.807, 2.05) is 10.2 Å². The minimum absolute atomic E-state index is 0.345. The number of aliphatic hydroxyl groups is 1. The van der Waals surface area contributed by atoms with Crippen LogP contribution in [0, 0.1) is 5.92 Å². The largest absolute Gasteiger partial charge is 0.390 e. The summed E-state index contributed by atoms with van der Waals surface area (Å²) >= 11 is 2.19. The number of halogens is 1. The van der Waals surface area contributed by atoms with Crippen LogP contribution >= 0.6 is 22.6 Å². The van der Waals surface area contributed by atoms with Gasteiger partial charge in [-0.2, -0.15) is 0 Å². The SMILES string of the molecule is CCC1CC(O)(CC=CI)C1. The highest BCUT2D eigenvalue weighted by atomic mass is 127. The first-order valence-corrected chi connectivity index (χ1v) is 5.42. The molecule has 0 saturated heterocycles. The van der Waals surface area contributed by atoms with Crippen molar-refractivity contribution in [3.63, 3.8) is 0 Å². The van der Waals surface area contributed by atoms with Crippen LogP contribution in [0.25, 0.3) is 0 Å². The van der Waals surface area contributed by atoms with Crippen LogP contribution in [0.2, 0.25) is 0 Å². The Labute approximate surface area is 82.0 Å². The van der Waals surface area contributed by atoms with Crippen molar-refractivity contribution in [3.05, 3.63) is 10.2 Å². The van der Waals surface area contributed by atoms with Crippen molar-refractivity contribution in [1.29, 1.82) is 0 Å². The van der Waals surface area contributed by atoms with Crippen molar-refractivity contribution >= 4 is 22.6 Å². The molecule has 0 aliphatic heterocycles. The van der Waals surface area contributed by atoms with E-state index in [0.717, 1.165) is 25.2 Å². The summed E-state index contributed by atoms with van der Waals surface area (Å²) < 4.78 is 1.98.